The van der Waals surface area contributed by atoms with E-state index in [4.69, 9.17) is 19.7 Å². The Morgan fingerprint density at radius 1 is 0.671 bits per heavy atom. The molecule has 376 valence electrons. The first-order chi connectivity index (χ1) is 37.2. The van der Waals surface area contributed by atoms with E-state index < -0.39 is 0 Å². The smallest absolute Gasteiger partial charge is 0.270 e. The lowest BCUT2D eigenvalue weighted by Crippen LogP contribution is -2.48. The number of nitrogens with one attached hydrogen (secondary N) is 7. The molecule has 2 fully saturated rings. The second-order valence-electron chi connectivity index (χ2n) is 19.8. The SMILES string of the molecule is C[C@@H](NC(=O)c1cc2ccc(-c3nccc(Nc4ccc(-c5cn[nH]c5)cc4-c4cc(Nc5ccc6[nH]ncc6c5)nc(-c5ccc6cc(C(=O)N7CCCC8(CCOCC8)C7)[nH]c6c5)n4)n3)cc2[nH]1)c1ccncc1. The van der Waals surface area contributed by atoms with E-state index in [1.54, 1.807) is 31.0 Å². The highest BCUT2D eigenvalue weighted by atomic mass is 16.5. The fourth-order valence-electron chi connectivity index (χ4n) is 10.6. The average Bonchev–Trinajstić information content (AvgIpc) is 4.32. The van der Waals surface area contributed by atoms with Crippen LogP contribution in [0.4, 0.5) is 23.0 Å². The number of fused-ring (bicyclic) bond motifs is 3. The van der Waals surface area contributed by atoms with Crippen LogP contribution in [0.3, 0.4) is 0 Å². The Morgan fingerprint density at radius 2 is 1.45 bits per heavy atom. The number of hydrogen-bond donors (Lipinski definition) is 7. The summed E-state index contributed by atoms with van der Waals surface area (Å²) < 4.78 is 5.70. The molecule has 7 aromatic heterocycles. The molecule has 7 N–H and O–H groups in total. The largest absolute Gasteiger partial charge is 0.381 e. The second-order valence-corrected chi connectivity index (χ2v) is 19.8. The van der Waals surface area contributed by atoms with E-state index in [1.165, 1.54) is 0 Å². The molecule has 0 radical (unpaired) electrons. The number of amides is 2. The maximum atomic E-state index is 14.1. The third kappa shape index (κ3) is 9.25. The third-order valence-corrected chi connectivity index (χ3v) is 14.8. The molecule has 2 amide bonds. The minimum Gasteiger partial charge on any atom is -0.381 e. The van der Waals surface area contributed by atoms with Gasteiger partial charge in [-0.1, -0.05) is 30.3 Å². The van der Waals surface area contributed by atoms with E-state index in [9.17, 15) is 9.59 Å². The van der Waals surface area contributed by atoms with E-state index >= 15 is 0 Å². The molecule has 2 aliphatic heterocycles. The van der Waals surface area contributed by atoms with Crippen molar-refractivity contribution in [2.75, 3.05) is 36.9 Å². The number of carbonyl (C=O) groups is 2. The van der Waals surface area contributed by atoms with Gasteiger partial charge in [0.2, 0.25) is 0 Å². The number of carbonyl (C=O) groups excluding carboxylic acids is 2. The van der Waals surface area contributed by atoms with Gasteiger partial charge in [-0.25, -0.2) is 19.9 Å². The zero-order chi connectivity index (χ0) is 51.2. The number of anilines is 4. The Bertz CT molecular complexity index is 3950. The molecule has 2 saturated heterocycles. The van der Waals surface area contributed by atoms with Gasteiger partial charge in [0.05, 0.1) is 29.6 Å². The van der Waals surface area contributed by atoms with Crippen LogP contribution < -0.4 is 16.0 Å². The molecule has 0 bridgehead atoms. The molecule has 11 aromatic rings. The number of likely N-dealkylation sites (tertiary alicyclic amines) is 1. The van der Waals surface area contributed by atoms with Gasteiger partial charge in [0.1, 0.15) is 23.0 Å². The number of hydrogen-bond acceptors (Lipinski definition) is 12. The molecule has 1 atom stereocenters. The summed E-state index contributed by atoms with van der Waals surface area (Å²) in [4.78, 5) is 60.4. The molecule has 0 unspecified atom stereocenters. The number of H-pyrrole nitrogens is 4. The maximum Gasteiger partial charge on any atom is 0.270 e. The zero-order valence-electron chi connectivity index (χ0n) is 41.4. The number of ether oxygens (including phenoxy) is 1. The summed E-state index contributed by atoms with van der Waals surface area (Å²) in [6, 6.07) is 35.1. The Balaban J connectivity index is 0.839. The van der Waals surface area contributed by atoms with Gasteiger partial charge < -0.3 is 35.6 Å². The lowest BCUT2D eigenvalue weighted by Gasteiger charge is -2.45. The molecular formula is C58H51N15O3. The zero-order valence-corrected chi connectivity index (χ0v) is 41.4. The van der Waals surface area contributed by atoms with E-state index in [2.05, 4.69) is 62.3 Å². The number of rotatable bonds is 12. The van der Waals surface area contributed by atoms with E-state index in [-0.39, 0.29) is 23.3 Å². The van der Waals surface area contributed by atoms with Crippen LogP contribution in [0.5, 0.6) is 0 Å². The van der Waals surface area contributed by atoms with E-state index in [1.807, 2.05) is 121 Å². The van der Waals surface area contributed by atoms with Crippen molar-refractivity contribution in [1.82, 2.24) is 65.5 Å². The van der Waals surface area contributed by atoms with Gasteiger partial charge in [-0.3, -0.25) is 24.8 Å². The minimum absolute atomic E-state index is 0.0144. The van der Waals surface area contributed by atoms with Crippen LogP contribution in [0.2, 0.25) is 0 Å². The van der Waals surface area contributed by atoms with Gasteiger partial charge in [0, 0.05) is 118 Å². The summed E-state index contributed by atoms with van der Waals surface area (Å²) in [5, 5.41) is 27.4. The lowest BCUT2D eigenvalue weighted by molar-refractivity contribution is -0.0230. The Morgan fingerprint density at radius 3 is 2.26 bits per heavy atom. The maximum absolute atomic E-state index is 14.1. The first kappa shape index (κ1) is 46.3. The highest BCUT2D eigenvalue weighted by molar-refractivity contribution is 6.00. The van der Waals surface area contributed by atoms with Crippen molar-refractivity contribution in [3.63, 3.8) is 0 Å². The van der Waals surface area contributed by atoms with Crippen LogP contribution >= 0.6 is 0 Å². The number of benzene rings is 4. The second kappa shape index (κ2) is 19.4. The average molecular weight is 1010 g/mol. The van der Waals surface area contributed by atoms with Crippen LogP contribution in [0, 0.1) is 5.41 Å². The predicted octanol–water partition coefficient (Wildman–Crippen LogP) is 10.9. The van der Waals surface area contributed by atoms with Gasteiger partial charge in [-0.15, -0.1) is 0 Å². The molecule has 0 aliphatic carbocycles. The Kier molecular flexibility index (Phi) is 11.8. The minimum atomic E-state index is -0.214. The van der Waals surface area contributed by atoms with Gasteiger partial charge in [-0.05, 0) is 122 Å². The van der Waals surface area contributed by atoms with Crippen molar-refractivity contribution in [1.29, 1.82) is 0 Å². The van der Waals surface area contributed by atoms with Crippen molar-refractivity contribution in [2.24, 2.45) is 5.41 Å². The summed E-state index contributed by atoms with van der Waals surface area (Å²) in [6.45, 7) is 4.93. The van der Waals surface area contributed by atoms with Crippen molar-refractivity contribution in [3.8, 4) is 45.2 Å². The third-order valence-electron chi connectivity index (χ3n) is 14.8. The van der Waals surface area contributed by atoms with Crippen LogP contribution in [0.1, 0.15) is 65.2 Å². The highest BCUT2D eigenvalue weighted by Gasteiger charge is 2.39. The number of piperidine rings is 1. The number of nitrogens with zero attached hydrogens (tertiary/aromatic N) is 8. The molecule has 18 nitrogen and oxygen atoms in total. The van der Waals surface area contributed by atoms with Crippen molar-refractivity contribution in [2.45, 2.75) is 38.6 Å². The molecule has 0 saturated carbocycles. The molecule has 76 heavy (non-hydrogen) atoms. The molecule has 1 spiro atoms. The van der Waals surface area contributed by atoms with Crippen molar-refractivity contribution in [3.05, 3.63) is 163 Å². The van der Waals surface area contributed by atoms with Crippen molar-refractivity contribution < 1.29 is 14.3 Å². The number of aromatic nitrogens is 11. The summed E-state index contributed by atoms with van der Waals surface area (Å²) in [5.41, 5.74) is 10.9. The first-order valence-electron chi connectivity index (χ1n) is 25.4. The van der Waals surface area contributed by atoms with E-state index in [0.717, 1.165) is 129 Å². The first-order valence-corrected chi connectivity index (χ1v) is 25.4. The number of pyridine rings is 1. The van der Waals surface area contributed by atoms with Crippen LogP contribution in [0.15, 0.2) is 146 Å². The topological polar surface area (TPSA) is 236 Å². The molecule has 18 heteroatoms. The fraction of sp³-hybridized carbons (Fsp3) is 0.190. The highest BCUT2D eigenvalue weighted by Crippen LogP contribution is 2.41. The fourth-order valence-corrected chi connectivity index (χ4v) is 10.6. The molecule has 2 aliphatic rings. The normalized spacial score (nSPS) is 14.8. The predicted molar refractivity (Wildman–Crippen MR) is 292 cm³/mol. The quantitative estimate of drug-likeness (QED) is 0.0605. The molecule has 13 rings (SSSR count). The van der Waals surface area contributed by atoms with Gasteiger partial charge in [-0.2, -0.15) is 10.2 Å². The molecule has 4 aromatic carbocycles. The number of aromatic amines is 4. The van der Waals surface area contributed by atoms with Gasteiger partial charge in [0.15, 0.2) is 11.6 Å². The van der Waals surface area contributed by atoms with Gasteiger partial charge in [0.25, 0.3) is 11.8 Å². The summed E-state index contributed by atoms with van der Waals surface area (Å²) in [6.07, 6.45) is 14.7. The summed E-state index contributed by atoms with van der Waals surface area (Å²) in [5.74, 6) is 1.87. The van der Waals surface area contributed by atoms with E-state index in [0.29, 0.717) is 40.4 Å². The monoisotopic (exact) mass is 1010 g/mol. The molecule has 9 heterocycles. The van der Waals surface area contributed by atoms with Gasteiger partial charge >= 0.3 is 0 Å². The molecular weight excluding hydrogens is 955 g/mol. The standard InChI is InChI=1S/C58H51N15O3/c1-34(35-11-17-59-18-12-35)64-56(74)50-25-37-3-5-39(27-47(37)66-50)54-60-19-13-52(70-54)68-46-9-7-36(42-31-61-62-32-42)24-44(46)49-29-53(65-43-8-10-45-41(23-43)30-63-72-45)71-55(69-49)40-6-4-38-26-51(67-48(38)28-40)57(75)73-20-2-14-58(33-73)15-21-76-22-16-58/h3-13,17-19,23-32,34,66-67H,2,14-16,20-22,33H2,1H3,(H,61,62)(H,63,72)(H,64,74)(H,60,68,70)(H,65,69,71)/t34-/m1/s1. The van der Waals surface area contributed by atoms with Crippen LogP contribution in [0.25, 0.3) is 77.9 Å². The summed E-state index contributed by atoms with van der Waals surface area (Å²) >= 11 is 0. The van der Waals surface area contributed by atoms with Crippen molar-refractivity contribution >= 4 is 67.5 Å². The van der Waals surface area contributed by atoms with Crippen LogP contribution in [-0.2, 0) is 4.74 Å². The Labute approximate surface area is 435 Å². The Hall–Kier alpha value is -9.55. The summed E-state index contributed by atoms with van der Waals surface area (Å²) in [7, 11) is 0. The van der Waals surface area contributed by atoms with Crippen LogP contribution in [-0.4, -0.2) is 98.3 Å². The lowest BCUT2D eigenvalue weighted by atomic mass is 9.74.